The molecule has 2 aliphatic heterocycles. The van der Waals surface area contributed by atoms with Crippen molar-refractivity contribution in [3.63, 3.8) is 0 Å². The van der Waals surface area contributed by atoms with Gasteiger partial charge in [0.25, 0.3) is 0 Å². The molecule has 50 heavy (non-hydrogen) atoms. The number of nitrogens with zero attached hydrogens (tertiary/aromatic N) is 3. The fraction of sp³-hybridized carbons (Fsp3) is 0.568. The molecule has 0 aliphatic carbocycles. The molecule has 1 unspecified atom stereocenters. The van der Waals surface area contributed by atoms with E-state index in [1.807, 2.05) is 79.4 Å². The molecule has 3 amide bonds. The molecule has 1 fully saturated rings. The monoisotopic (exact) mass is 691 g/mol. The van der Waals surface area contributed by atoms with Gasteiger partial charge >= 0.3 is 0 Å². The van der Waals surface area contributed by atoms with Crippen LogP contribution >= 0.6 is 0 Å². The molecule has 13 heteroatoms. The fourth-order valence-corrected chi connectivity index (χ4v) is 6.46. The number of nitrogens with one attached hydrogen (secondary N) is 4. The zero-order valence-corrected chi connectivity index (χ0v) is 29.6. The van der Waals surface area contributed by atoms with Gasteiger partial charge in [0.15, 0.2) is 5.96 Å². The van der Waals surface area contributed by atoms with Crippen LogP contribution in [0, 0.1) is 5.92 Å². The molecule has 5 atom stereocenters. The van der Waals surface area contributed by atoms with E-state index in [0.717, 1.165) is 43.1 Å². The molecular formula is C37H57N9O4. The molecule has 0 spiro atoms. The van der Waals surface area contributed by atoms with Crippen LogP contribution in [0.15, 0.2) is 65.7 Å². The Morgan fingerprint density at radius 1 is 0.860 bits per heavy atom. The van der Waals surface area contributed by atoms with Gasteiger partial charge in [0.05, 0.1) is 18.6 Å². The Kier molecular flexibility index (Phi) is 15.5. The van der Waals surface area contributed by atoms with Gasteiger partial charge in [-0.15, -0.1) is 0 Å². The second-order valence-corrected chi connectivity index (χ2v) is 13.7. The number of aliphatic hydroxyl groups is 1. The molecule has 2 aliphatic rings. The Morgan fingerprint density at radius 2 is 1.50 bits per heavy atom. The third-order valence-corrected chi connectivity index (χ3v) is 9.16. The molecule has 0 saturated carbocycles. The van der Waals surface area contributed by atoms with Crippen LogP contribution in [0.5, 0.6) is 0 Å². The highest BCUT2D eigenvalue weighted by Crippen LogP contribution is 2.15. The number of amides is 3. The number of carbonyl (C=O) groups excluding carboxylic acids is 3. The minimum absolute atomic E-state index is 0.0728. The lowest BCUT2D eigenvalue weighted by Crippen LogP contribution is -2.59. The summed E-state index contributed by atoms with van der Waals surface area (Å²) in [5.74, 6) is -0.346. The predicted molar refractivity (Wildman–Crippen MR) is 196 cm³/mol. The number of aliphatic hydroxyl groups excluding tert-OH is 1. The van der Waals surface area contributed by atoms with Crippen LogP contribution in [0.2, 0.25) is 0 Å². The van der Waals surface area contributed by atoms with Crippen molar-refractivity contribution in [2.24, 2.45) is 22.4 Å². The summed E-state index contributed by atoms with van der Waals surface area (Å²) in [4.78, 5) is 49.9. The van der Waals surface area contributed by atoms with E-state index >= 15 is 0 Å². The summed E-state index contributed by atoms with van der Waals surface area (Å²) in [7, 11) is 0. The fourth-order valence-electron chi connectivity index (χ4n) is 6.46. The smallest absolute Gasteiger partial charge is 0.243 e. The molecule has 0 radical (unpaired) electrons. The Balaban J connectivity index is 1.45. The van der Waals surface area contributed by atoms with E-state index < -0.39 is 42.2 Å². The highest BCUT2D eigenvalue weighted by Gasteiger charge is 2.33. The van der Waals surface area contributed by atoms with Crippen molar-refractivity contribution in [1.82, 2.24) is 31.1 Å². The van der Waals surface area contributed by atoms with Gasteiger partial charge in [0.2, 0.25) is 17.7 Å². The second kappa shape index (κ2) is 20.0. The molecular weight excluding hydrogens is 634 g/mol. The lowest BCUT2D eigenvalue weighted by molar-refractivity contribution is -0.133. The van der Waals surface area contributed by atoms with Crippen LogP contribution in [-0.4, -0.2) is 115 Å². The molecule has 274 valence electrons. The number of rotatable bonds is 17. The van der Waals surface area contributed by atoms with Crippen LogP contribution in [-0.2, 0) is 27.2 Å². The van der Waals surface area contributed by atoms with Gasteiger partial charge in [0.1, 0.15) is 18.3 Å². The minimum Gasteiger partial charge on any atom is -0.376 e. The number of hydrogen-bond acceptors (Lipinski definition) is 10. The highest BCUT2D eigenvalue weighted by molar-refractivity contribution is 5.93. The molecule has 2 aromatic carbocycles. The first-order chi connectivity index (χ1) is 24.1. The van der Waals surface area contributed by atoms with Crippen LogP contribution in [0.25, 0.3) is 0 Å². The zero-order chi connectivity index (χ0) is 35.9. The Labute approximate surface area is 296 Å². The maximum Gasteiger partial charge on any atom is 0.243 e. The SMILES string of the molecule is CC(C)C[C@@H](NC(=O)[C@@H](Cc1ccccc1)NC(=O)[C@H](N)Cc1ccccc1)C(=O)N[C@H](CCCN)C(O)N1CCCN(C2=NCCN2)CC1. The normalized spacial score (nSPS) is 18.2. The van der Waals surface area contributed by atoms with Crippen LogP contribution in [0.3, 0.4) is 0 Å². The van der Waals surface area contributed by atoms with Gasteiger partial charge in [0, 0.05) is 39.1 Å². The summed E-state index contributed by atoms with van der Waals surface area (Å²) in [6.07, 6.45) is 1.89. The number of aliphatic imine (C=N–C) groups is 1. The maximum atomic E-state index is 14.0. The molecule has 1 saturated heterocycles. The average Bonchev–Trinajstić information content (AvgIpc) is 3.54. The standard InChI is InChI=1S/C37H57N9O4/c1-26(2)23-31(34(48)42-30(15-9-16-38)36(50)45-19-10-20-46(22-21-45)37-40-17-18-41-37)44-35(49)32(25-28-13-7-4-8-14-28)43-33(47)29(39)24-27-11-5-3-6-12-27/h3-8,11-14,26,29-32,36,50H,9-10,15-25,38-39H2,1-2H3,(H,40,41)(H,42,48)(H,43,47)(H,44,49)/t29-,30-,31-,32-,36?/m1/s1. The van der Waals surface area contributed by atoms with E-state index in [2.05, 4.69) is 31.2 Å². The van der Waals surface area contributed by atoms with Crippen molar-refractivity contribution in [1.29, 1.82) is 0 Å². The van der Waals surface area contributed by atoms with Crippen LogP contribution in [0.4, 0.5) is 0 Å². The molecule has 0 bridgehead atoms. The van der Waals surface area contributed by atoms with Gasteiger partial charge in [-0.3, -0.25) is 24.3 Å². The Bertz CT molecular complexity index is 1380. The largest absolute Gasteiger partial charge is 0.376 e. The summed E-state index contributed by atoms with van der Waals surface area (Å²) in [5, 5.41) is 23.8. The molecule has 2 aromatic rings. The lowest BCUT2D eigenvalue weighted by Gasteiger charge is -2.34. The molecule has 13 nitrogen and oxygen atoms in total. The average molecular weight is 692 g/mol. The molecule has 0 aromatic heterocycles. The van der Waals surface area contributed by atoms with Gasteiger partial charge in [-0.05, 0) is 55.7 Å². The third-order valence-electron chi connectivity index (χ3n) is 9.16. The lowest BCUT2D eigenvalue weighted by atomic mass is 9.99. The van der Waals surface area contributed by atoms with E-state index in [-0.39, 0.29) is 18.2 Å². The van der Waals surface area contributed by atoms with Gasteiger partial charge in [-0.2, -0.15) is 0 Å². The number of hydrogen-bond donors (Lipinski definition) is 7. The summed E-state index contributed by atoms with van der Waals surface area (Å²) in [6, 6.07) is 15.6. The first-order valence-corrected chi connectivity index (χ1v) is 18.0. The first kappa shape index (κ1) is 38.8. The molecule has 4 rings (SSSR count). The topological polar surface area (TPSA) is 190 Å². The summed E-state index contributed by atoms with van der Waals surface area (Å²) in [6.45, 7) is 8.77. The number of guanidine groups is 1. The van der Waals surface area contributed by atoms with Crippen molar-refractivity contribution in [3.05, 3.63) is 71.8 Å². The number of nitrogens with two attached hydrogens (primary N) is 2. The predicted octanol–water partition coefficient (Wildman–Crippen LogP) is 0.324. The number of benzene rings is 2. The summed E-state index contributed by atoms with van der Waals surface area (Å²) >= 11 is 0. The quantitative estimate of drug-likeness (QED) is 0.123. The van der Waals surface area contributed by atoms with E-state index in [1.54, 1.807) is 0 Å². The van der Waals surface area contributed by atoms with Crippen molar-refractivity contribution in [2.45, 2.75) is 82.8 Å². The second-order valence-electron chi connectivity index (χ2n) is 13.7. The van der Waals surface area contributed by atoms with Gasteiger partial charge < -0.3 is 42.7 Å². The zero-order valence-electron chi connectivity index (χ0n) is 29.6. The summed E-state index contributed by atoms with van der Waals surface area (Å²) < 4.78 is 0. The van der Waals surface area contributed by atoms with Crippen molar-refractivity contribution in [3.8, 4) is 0 Å². The van der Waals surface area contributed by atoms with E-state index in [4.69, 9.17) is 11.5 Å². The Morgan fingerprint density at radius 3 is 2.12 bits per heavy atom. The maximum absolute atomic E-state index is 14.0. The van der Waals surface area contributed by atoms with E-state index in [0.29, 0.717) is 51.9 Å². The van der Waals surface area contributed by atoms with Crippen molar-refractivity contribution in [2.75, 3.05) is 45.8 Å². The summed E-state index contributed by atoms with van der Waals surface area (Å²) in [5.41, 5.74) is 13.9. The van der Waals surface area contributed by atoms with E-state index in [9.17, 15) is 19.5 Å². The van der Waals surface area contributed by atoms with E-state index in [1.165, 1.54) is 0 Å². The van der Waals surface area contributed by atoms with Gasteiger partial charge in [-0.25, -0.2) is 0 Å². The van der Waals surface area contributed by atoms with Gasteiger partial charge in [-0.1, -0.05) is 74.5 Å². The molecule has 9 N–H and O–H groups in total. The highest BCUT2D eigenvalue weighted by atomic mass is 16.3. The number of carbonyl (C=O) groups is 3. The first-order valence-electron chi connectivity index (χ1n) is 18.0. The molecule has 2 heterocycles. The van der Waals surface area contributed by atoms with Crippen LogP contribution < -0.4 is 32.7 Å². The van der Waals surface area contributed by atoms with Crippen molar-refractivity contribution >= 4 is 23.7 Å². The third kappa shape index (κ3) is 12.1. The Hall–Kier alpha value is -4.04. The van der Waals surface area contributed by atoms with Crippen molar-refractivity contribution < 1.29 is 19.5 Å². The van der Waals surface area contributed by atoms with Crippen LogP contribution in [0.1, 0.15) is 50.7 Å². The minimum atomic E-state index is -0.966.